The van der Waals surface area contributed by atoms with Crippen molar-refractivity contribution in [3.63, 3.8) is 0 Å². The molecule has 1 aromatic heterocycles. The molecule has 5 heteroatoms. The third kappa shape index (κ3) is 6.76. The fourth-order valence-electron chi connectivity index (χ4n) is 1.82. The van der Waals surface area contributed by atoms with E-state index in [2.05, 4.69) is 12.2 Å². The van der Waals surface area contributed by atoms with Gasteiger partial charge >= 0.3 is 0 Å². The summed E-state index contributed by atoms with van der Waals surface area (Å²) in [5, 5.41) is 11.8. The molecular formula is C14H20ClNO2S. The van der Waals surface area contributed by atoms with Crippen LogP contribution < -0.4 is 5.32 Å². The van der Waals surface area contributed by atoms with Crippen LogP contribution in [0.15, 0.2) is 18.2 Å². The minimum atomic E-state index is -0.108. The summed E-state index contributed by atoms with van der Waals surface area (Å²) in [5.74, 6) is 0.243. The van der Waals surface area contributed by atoms with E-state index in [1.54, 1.807) is 6.08 Å². The summed E-state index contributed by atoms with van der Waals surface area (Å²) in [6.07, 6.45) is 6.09. The van der Waals surface area contributed by atoms with Crippen LogP contribution in [0.2, 0.25) is 4.34 Å². The van der Waals surface area contributed by atoms with Gasteiger partial charge in [0.25, 0.3) is 0 Å². The van der Waals surface area contributed by atoms with E-state index in [4.69, 9.17) is 16.7 Å². The van der Waals surface area contributed by atoms with Crippen molar-refractivity contribution in [1.29, 1.82) is 0 Å². The molecule has 0 aliphatic carbocycles. The van der Waals surface area contributed by atoms with E-state index in [1.807, 2.05) is 12.1 Å². The Morgan fingerprint density at radius 3 is 2.89 bits per heavy atom. The molecule has 0 saturated heterocycles. The van der Waals surface area contributed by atoms with Crippen molar-refractivity contribution in [2.75, 3.05) is 13.2 Å². The van der Waals surface area contributed by atoms with E-state index in [0.29, 0.717) is 16.8 Å². The van der Waals surface area contributed by atoms with Crippen molar-refractivity contribution in [3.8, 4) is 0 Å². The average Bonchev–Trinajstić information content (AvgIpc) is 2.80. The Morgan fingerprint density at radius 1 is 1.53 bits per heavy atom. The van der Waals surface area contributed by atoms with E-state index in [1.165, 1.54) is 17.4 Å². The van der Waals surface area contributed by atoms with Gasteiger partial charge in [0.15, 0.2) is 0 Å². The minimum absolute atomic E-state index is 0.108. The van der Waals surface area contributed by atoms with E-state index < -0.39 is 0 Å². The first-order valence-corrected chi connectivity index (χ1v) is 7.67. The second-order valence-electron chi connectivity index (χ2n) is 4.39. The van der Waals surface area contributed by atoms with Crippen LogP contribution in [-0.4, -0.2) is 24.2 Å². The van der Waals surface area contributed by atoms with Gasteiger partial charge in [0, 0.05) is 24.1 Å². The lowest BCUT2D eigenvalue weighted by atomic mass is 10.0. The van der Waals surface area contributed by atoms with Gasteiger partial charge < -0.3 is 10.4 Å². The quantitative estimate of drug-likeness (QED) is 0.724. The molecule has 0 aliphatic heterocycles. The first kappa shape index (κ1) is 16.2. The molecule has 3 nitrogen and oxygen atoms in total. The molecule has 2 N–H and O–H groups in total. The van der Waals surface area contributed by atoms with Crippen molar-refractivity contribution < 1.29 is 9.90 Å². The topological polar surface area (TPSA) is 49.3 Å². The number of halogens is 1. The number of hydrogen-bond donors (Lipinski definition) is 2. The molecule has 1 unspecified atom stereocenters. The molecule has 0 saturated carbocycles. The molecular weight excluding hydrogens is 282 g/mol. The fraction of sp³-hybridized carbons (Fsp3) is 0.500. The second-order valence-corrected chi connectivity index (χ2v) is 6.13. The zero-order valence-corrected chi connectivity index (χ0v) is 12.6. The van der Waals surface area contributed by atoms with Gasteiger partial charge in [0.2, 0.25) is 5.91 Å². The van der Waals surface area contributed by atoms with Crippen LogP contribution in [0.3, 0.4) is 0 Å². The molecule has 1 aromatic rings. The highest BCUT2D eigenvalue weighted by atomic mass is 35.5. The summed E-state index contributed by atoms with van der Waals surface area (Å²) < 4.78 is 0.714. The third-order valence-corrected chi connectivity index (χ3v) is 3.99. The standard InChI is InChI=1S/C14H20ClNO2S/c1-2-3-11(8-9-17)10-16-14(18)7-5-12-4-6-13(15)19-12/h4-7,11,17H,2-3,8-10H2,1H3,(H,16,18)/b7-5+. The van der Waals surface area contributed by atoms with Gasteiger partial charge in [0.1, 0.15) is 0 Å². The Bertz CT molecular complexity index is 411. The lowest BCUT2D eigenvalue weighted by Crippen LogP contribution is -2.28. The van der Waals surface area contributed by atoms with Crippen LogP contribution in [0.5, 0.6) is 0 Å². The number of carbonyl (C=O) groups excluding carboxylic acids is 1. The summed E-state index contributed by atoms with van der Waals surface area (Å²) in [5.41, 5.74) is 0. The van der Waals surface area contributed by atoms with E-state index >= 15 is 0 Å². The van der Waals surface area contributed by atoms with E-state index in [0.717, 1.165) is 24.1 Å². The molecule has 0 bridgehead atoms. The molecule has 1 rings (SSSR count). The van der Waals surface area contributed by atoms with Gasteiger partial charge in [-0.2, -0.15) is 0 Å². The first-order chi connectivity index (χ1) is 9.15. The maximum Gasteiger partial charge on any atom is 0.244 e. The van der Waals surface area contributed by atoms with Crippen molar-refractivity contribution in [2.45, 2.75) is 26.2 Å². The Morgan fingerprint density at radius 2 is 2.32 bits per heavy atom. The number of nitrogens with one attached hydrogen (secondary N) is 1. The predicted molar refractivity (Wildman–Crippen MR) is 81.5 cm³/mol. The van der Waals surface area contributed by atoms with Crippen molar-refractivity contribution in [1.82, 2.24) is 5.32 Å². The summed E-state index contributed by atoms with van der Waals surface area (Å²) in [6, 6.07) is 3.69. The van der Waals surface area contributed by atoms with E-state index in [9.17, 15) is 4.79 Å². The zero-order chi connectivity index (χ0) is 14.1. The molecule has 19 heavy (non-hydrogen) atoms. The number of aliphatic hydroxyl groups excluding tert-OH is 1. The van der Waals surface area contributed by atoms with Gasteiger partial charge in [-0.05, 0) is 37.0 Å². The molecule has 1 heterocycles. The second kappa shape index (κ2) is 9.13. The highest BCUT2D eigenvalue weighted by Gasteiger charge is 2.07. The molecule has 0 spiro atoms. The summed E-state index contributed by atoms with van der Waals surface area (Å²) in [6.45, 7) is 2.89. The largest absolute Gasteiger partial charge is 0.396 e. The third-order valence-electron chi connectivity index (χ3n) is 2.79. The number of carbonyl (C=O) groups is 1. The Balaban J connectivity index is 2.35. The number of hydrogen-bond acceptors (Lipinski definition) is 3. The first-order valence-electron chi connectivity index (χ1n) is 6.47. The SMILES string of the molecule is CCCC(CCO)CNC(=O)/C=C/c1ccc(Cl)s1. The lowest BCUT2D eigenvalue weighted by molar-refractivity contribution is -0.116. The number of rotatable bonds is 8. The Kier molecular flexibility index (Phi) is 7.79. The minimum Gasteiger partial charge on any atom is -0.396 e. The molecule has 0 fully saturated rings. The lowest BCUT2D eigenvalue weighted by Gasteiger charge is -2.14. The Labute approximate surface area is 123 Å². The van der Waals surface area contributed by atoms with Crippen molar-refractivity contribution >= 4 is 34.9 Å². The zero-order valence-electron chi connectivity index (χ0n) is 11.1. The highest BCUT2D eigenvalue weighted by Crippen LogP contribution is 2.22. The van der Waals surface area contributed by atoms with Gasteiger partial charge in [-0.15, -0.1) is 11.3 Å². The maximum atomic E-state index is 11.6. The van der Waals surface area contributed by atoms with Gasteiger partial charge in [0.05, 0.1) is 4.34 Å². The normalized spacial score (nSPS) is 12.8. The van der Waals surface area contributed by atoms with Crippen molar-refractivity contribution in [3.05, 3.63) is 27.4 Å². The molecule has 1 amide bonds. The maximum absolute atomic E-state index is 11.6. The fourth-order valence-corrected chi connectivity index (χ4v) is 2.78. The predicted octanol–water partition coefficient (Wildman–Crippen LogP) is 3.33. The number of amides is 1. The van der Waals surface area contributed by atoms with Crippen LogP contribution >= 0.6 is 22.9 Å². The monoisotopic (exact) mass is 301 g/mol. The number of aliphatic hydroxyl groups is 1. The van der Waals surface area contributed by atoms with Gasteiger partial charge in [-0.25, -0.2) is 0 Å². The summed E-state index contributed by atoms with van der Waals surface area (Å²) in [4.78, 5) is 12.6. The smallest absolute Gasteiger partial charge is 0.244 e. The van der Waals surface area contributed by atoms with E-state index in [-0.39, 0.29) is 12.5 Å². The molecule has 1 atom stereocenters. The van der Waals surface area contributed by atoms with Crippen LogP contribution in [0.4, 0.5) is 0 Å². The van der Waals surface area contributed by atoms with Crippen LogP contribution in [-0.2, 0) is 4.79 Å². The van der Waals surface area contributed by atoms with Gasteiger partial charge in [-0.3, -0.25) is 4.79 Å². The molecule has 0 aromatic carbocycles. The Hall–Kier alpha value is -0.840. The molecule has 0 radical (unpaired) electrons. The van der Waals surface area contributed by atoms with Crippen LogP contribution in [0.25, 0.3) is 6.08 Å². The average molecular weight is 302 g/mol. The highest BCUT2D eigenvalue weighted by molar-refractivity contribution is 7.17. The van der Waals surface area contributed by atoms with Crippen LogP contribution in [0, 0.1) is 5.92 Å². The summed E-state index contributed by atoms with van der Waals surface area (Å²) in [7, 11) is 0. The summed E-state index contributed by atoms with van der Waals surface area (Å²) >= 11 is 7.24. The van der Waals surface area contributed by atoms with Crippen molar-refractivity contribution in [2.24, 2.45) is 5.92 Å². The van der Waals surface area contributed by atoms with Crippen LogP contribution in [0.1, 0.15) is 31.1 Å². The van der Waals surface area contributed by atoms with Gasteiger partial charge in [-0.1, -0.05) is 24.9 Å². The molecule has 106 valence electrons. The molecule has 0 aliphatic rings. The number of thiophene rings is 1.